The van der Waals surface area contributed by atoms with Crippen LogP contribution in [0.5, 0.6) is 17.2 Å². The summed E-state index contributed by atoms with van der Waals surface area (Å²) < 4.78 is 10.7. The van der Waals surface area contributed by atoms with E-state index in [0.29, 0.717) is 23.7 Å². The standard InChI is InChI=1S/C19H22N2O4/c1-3-14-5-8-16(9-6-14)25-13-19(23)21-20-12-15-7-10-17(22)18(11-15)24-4-2/h5-12,22H,3-4,13H2,1-2H3,(H,21,23). The van der Waals surface area contributed by atoms with E-state index in [-0.39, 0.29) is 18.3 Å². The zero-order valence-corrected chi connectivity index (χ0v) is 14.4. The highest BCUT2D eigenvalue weighted by Gasteiger charge is 2.03. The molecule has 2 N–H and O–H groups in total. The molecule has 25 heavy (non-hydrogen) atoms. The Kier molecular flexibility index (Phi) is 6.83. The van der Waals surface area contributed by atoms with Crippen molar-refractivity contribution in [3.05, 3.63) is 53.6 Å². The fourth-order valence-corrected chi connectivity index (χ4v) is 2.06. The SMILES string of the molecule is CCOc1cc(C=NNC(=O)COc2ccc(CC)cc2)ccc1O. The number of hydrogen-bond donors (Lipinski definition) is 2. The lowest BCUT2D eigenvalue weighted by atomic mass is 10.2. The van der Waals surface area contributed by atoms with Gasteiger partial charge in [-0.25, -0.2) is 5.43 Å². The summed E-state index contributed by atoms with van der Waals surface area (Å²) in [5, 5.41) is 13.5. The van der Waals surface area contributed by atoms with Gasteiger partial charge in [0.1, 0.15) is 5.75 Å². The van der Waals surface area contributed by atoms with Crippen LogP contribution in [0.15, 0.2) is 47.6 Å². The van der Waals surface area contributed by atoms with Gasteiger partial charge in [0, 0.05) is 0 Å². The predicted octanol–water partition coefficient (Wildman–Crippen LogP) is 2.88. The summed E-state index contributed by atoms with van der Waals surface area (Å²) in [5.74, 6) is 0.706. The molecule has 0 atom stereocenters. The van der Waals surface area contributed by atoms with Crippen molar-refractivity contribution in [3.8, 4) is 17.2 Å². The van der Waals surface area contributed by atoms with E-state index in [4.69, 9.17) is 9.47 Å². The second-order valence-electron chi connectivity index (χ2n) is 5.24. The van der Waals surface area contributed by atoms with Crippen LogP contribution in [-0.4, -0.2) is 30.4 Å². The first-order chi connectivity index (χ1) is 12.1. The van der Waals surface area contributed by atoms with Crippen molar-refractivity contribution in [3.63, 3.8) is 0 Å². The van der Waals surface area contributed by atoms with Crippen LogP contribution in [0.3, 0.4) is 0 Å². The van der Waals surface area contributed by atoms with Gasteiger partial charge >= 0.3 is 0 Å². The minimum absolute atomic E-state index is 0.0607. The average Bonchev–Trinajstić information content (AvgIpc) is 2.63. The molecule has 0 aliphatic carbocycles. The molecule has 132 valence electrons. The van der Waals surface area contributed by atoms with Crippen LogP contribution in [0.25, 0.3) is 0 Å². The Hall–Kier alpha value is -3.02. The lowest BCUT2D eigenvalue weighted by Crippen LogP contribution is -2.24. The Labute approximate surface area is 147 Å². The topological polar surface area (TPSA) is 80.2 Å². The number of phenolic OH excluding ortho intramolecular Hbond substituents is 1. The second-order valence-corrected chi connectivity index (χ2v) is 5.24. The predicted molar refractivity (Wildman–Crippen MR) is 96.3 cm³/mol. The van der Waals surface area contributed by atoms with Crippen molar-refractivity contribution in [1.29, 1.82) is 0 Å². The number of ether oxygens (including phenoxy) is 2. The molecule has 0 unspecified atom stereocenters. The Morgan fingerprint density at radius 3 is 2.60 bits per heavy atom. The maximum absolute atomic E-state index is 11.7. The third-order valence-electron chi connectivity index (χ3n) is 3.39. The number of hydrazone groups is 1. The number of phenols is 1. The summed E-state index contributed by atoms with van der Waals surface area (Å²) in [6.07, 6.45) is 2.42. The molecule has 0 aromatic heterocycles. The van der Waals surface area contributed by atoms with Gasteiger partial charge in [0.15, 0.2) is 18.1 Å². The molecule has 2 rings (SSSR count). The number of rotatable bonds is 8. The van der Waals surface area contributed by atoms with Crippen LogP contribution >= 0.6 is 0 Å². The Morgan fingerprint density at radius 2 is 1.92 bits per heavy atom. The monoisotopic (exact) mass is 342 g/mol. The highest BCUT2D eigenvalue weighted by molar-refractivity contribution is 5.83. The molecule has 0 aliphatic heterocycles. The third kappa shape index (κ3) is 5.84. The van der Waals surface area contributed by atoms with Crippen LogP contribution < -0.4 is 14.9 Å². The molecule has 0 saturated carbocycles. The largest absolute Gasteiger partial charge is 0.504 e. The third-order valence-corrected chi connectivity index (χ3v) is 3.39. The first-order valence-corrected chi connectivity index (χ1v) is 8.11. The first-order valence-electron chi connectivity index (χ1n) is 8.11. The van der Waals surface area contributed by atoms with E-state index in [1.807, 2.05) is 31.2 Å². The summed E-state index contributed by atoms with van der Waals surface area (Å²) in [6.45, 7) is 4.23. The van der Waals surface area contributed by atoms with Gasteiger partial charge in [0.25, 0.3) is 5.91 Å². The number of carbonyl (C=O) groups is 1. The molecule has 1 amide bonds. The van der Waals surface area contributed by atoms with Gasteiger partial charge in [-0.1, -0.05) is 19.1 Å². The van der Waals surface area contributed by atoms with Crippen LogP contribution in [0.1, 0.15) is 25.0 Å². The van der Waals surface area contributed by atoms with Gasteiger partial charge < -0.3 is 14.6 Å². The van der Waals surface area contributed by atoms with E-state index >= 15 is 0 Å². The molecule has 0 fully saturated rings. The molecule has 0 spiro atoms. The number of amides is 1. The average molecular weight is 342 g/mol. The van der Waals surface area contributed by atoms with Gasteiger partial charge in [0.2, 0.25) is 0 Å². The second kappa shape index (κ2) is 9.32. The molecular formula is C19H22N2O4. The number of nitrogens with zero attached hydrogens (tertiary/aromatic N) is 1. The molecule has 2 aromatic carbocycles. The Morgan fingerprint density at radius 1 is 1.16 bits per heavy atom. The van der Waals surface area contributed by atoms with Crippen LogP contribution in [0, 0.1) is 0 Å². The zero-order chi connectivity index (χ0) is 18.1. The van der Waals surface area contributed by atoms with Crippen LogP contribution in [0.2, 0.25) is 0 Å². The van der Waals surface area contributed by atoms with Crippen molar-refractivity contribution in [1.82, 2.24) is 5.43 Å². The lowest BCUT2D eigenvalue weighted by Gasteiger charge is -2.06. The van der Waals surface area contributed by atoms with Crippen molar-refractivity contribution in [2.45, 2.75) is 20.3 Å². The first kappa shape index (κ1) is 18.3. The molecule has 0 radical (unpaired) electrons. The highest BCUT2D eigenvalue weighted by atomic mass is 16.5. The van der Waals surface area contributed by atoms with Gasteiger partial charge in [-0.3, -0.25) is 4.79 Å². The quantitative estimate of drug-likeness (QED) is 0.571. The summed E-state index contributed by atoms with van der Waals surface area (Å²) in [4.78, 5) is 11.7. The summed E-state index contributed by atoms with van der Waals surface area (Å²) in [5.41, 5.74) is 4.29. The normalized spacial score (nSPS) is 10.6. The number of aromatic hydroxyl groups is 1. The van der Waals surface area contributed by atoms with E-state index in [2.05, 4.69) is 17.5 Å². The van der Waals surface area contributed by atoms with E-state index in [1.165, 1.54) is 17.8 Å². The Balaban J connectivity index is 1.82. The molecule has 0 saturated heterocycles. The van der Waals surface area contributed by atoms with E-state index < -0.39 is 0 Å². The zero-order valence-electron chi connectivity index (χ0n) is 14.4. The molecular weight excluding hydrogens is 320 g/mol. The van der Waals surface area contributed by atoms with Crippen LogP contribution in [0.4, 0.5) is 0 Å². The smallest absolute Gasteiger partial charge is 0.277 e. The summed E-state index contributed by atoms with van der Waals surface area (Å²) in [7, 11) is 0. The minimum Gasteiger partial charge on any atom is -0.504 e. The maximum atomic E-state index is 11.7. The fraction of sp³-hybridized carbons (Fsp3) is 0.263. The van der Waals surface area contributed by atoms with E-state index in [0.717, 1.165) is 6.42 Å². The molecule has 0 aliphatic rings. The van der Waals surface area contributed by atoms with E-state index in [9.17, 15) is 9.90 Å². The molecule has 2 aromatic rings. The number of nitrogens with one attached hydrogen (secondary N) is 1. The Bertz CT molecular complexity index is 727. The van der Waals surface area contributed by atoms with Crippen molar-refractivity contribution in [2.75, 3.05) is 13.2 Å². The van der Waals surface area contributed by atoms with Gasteiger partial charge in [-0.2, -0.15) is 5.10 Å². The number of carbonyl (C=O) groups excluding carboxylic acids is 1. The number of aryl methyl sites for hydroxylation is 1. The van der Waals surface area contributed by atoms with Crippen molar-refractivity contribution >= 4 is 12.1 Å². The summed E-state index contributed by atoms with van der Waals surface area (Å²) in [6, 6.07) is 12.4. The fourth-order valence-electron chi connectivity index (χ4n) is 2.06. The van der Waals surface area contributed by atoms with Crippen molar-refractivity contribution in [2.24, 2.45) is 5.10 Å². The van der Waals surface area contributed by atoms with Gasteiger partial charge in [-0.15, -0.1) is 0 Å². The van der Waals surface area contributed by atoms with E-state index in [1.54, 1.807) is 12.1 Å². The maximum Gasteiger partial charge on any atom is 0.277 e. The minimum atomic E-state index is -0.361. The van der Waals surface area contributed by atoms with Crippen molar-refractivity contribution < 1.29 is 19.4 Å². The number of benzene rings is 2. The van der Waals surface area contributed by atoms with Gasteiger partial charge in [-0.05, 0) is 54.8 Å². The molecule has 6 nitrogen and oxygen atoms in total. The van der Waals surface area contributed by atoms with Gasteiger partial charge in [0.05, 0.1) is 12.8 Å². The molecule has 0 bridgehead atoms. The summed E-state index contributed by atoms with van der Waals surface area (Å²) >= 11 is 0. The molecule has 0 heterocycles. The highest BCUT2D eigenvalue weighted by Crippen LogP contribution is 2.26. The lowest BCUT2D eigenvalue weighted by molar-refractivity contribution is -0.123. The number of hydrogen-bond acceptors (Lipinski definition) is 5. The van der Waals surface area contributed by atoms with Crippen LogP contribution in [-0.2, 0) is 11.2 Å². The molecule has 6 heteroatoms.